The monoisotopic (exact) mass is 249 g/mol. The van der Waals surface area contributed by atoms with E-state index in [1.165, 1.54) is 0 Å². The third-order valence-electron chi connectivity index (χ3n) is 2.35. The average Bonchev–Trinajstić information content (AvgIpc) is 2.82. The number of benzene rings is 1. The number of imidazole rings is 1. The van der Waals surface area contributed by atoms with Crippen molar-refractivity contribution in [2.75, 3.05) is 6.54 Å². The molecule has 0 fully saturated rings. The van der Waals surface area contributed by atoms with Crippen LogP contribution >= 0.6 is 11.6 Å². The first kappa shape index (κ1) is 11.7. The molecule has 1 amide bonds. The Bertz CT molecular complexity index is 496. The molecule has 0 saturated carbocycles. The quantitative estimate of drug-likeness (QED) is 0.871. The van der Waals surface area contributed by atoms with Gasteiger partial charge in [-0.05, 0) is 12.1 Å². The molecule has 0 aliphatic carbocycles. The van der Waals surface area contributed by atoms with Crippen molar-refractivity contribution in [2.45, 2.75) is 6.42 Å². The van der Waals surface area contributed by atoms with Gasteiger partial charge in [-0.3, -0.25) is 4.79 Å². The van der Waals surface area contributed by atoms with Crippen LogP contribution in [-0.2, 0) is 6.42 Å². The minimum atomic E-state index is -0.157. The zero-order valence-electron chi connectivity index (χ0n) is 9.11. The predicted molar refractivity (Wildman–Crippen MR) is 66.1 cm³/mol. The summed E-state index contributed by atoms with van der Waals surface area (Å²) in [4.78, 5) is 18.6. The first-order chi connectivity index (χ1) is 8.27. The number of rotatable bonds is 4. The van der Waals surface area contributed by atoms with Gasteiger partial charge >= 0.3 is 0 Å². The zero-order chi connectivity index (χ0) is 12.1. The minimum absolute atomic E-state index is 0.157. The van der Waals surface area contributed by atoms with Crippen molar-refractivity contribution in [3.63, 3.8) is 0 Å². The van der Waals surface area contributed by atoms with E-state index >= 15 is 0 Å². The summed E-state index contributed by atoms with van der Waals surface area (Å²) in [5.74, 6) is -0.157. The van der Waals surface area contributed by atoms with Gasteiger partial charge in [-0.2, -0.15) is 0 Å². The molecule has 0 atom stereocenters. The van der Waals surface area contributed by atoms with Crippen LogP contribution in [0.5, 0.6) is 0 Å². The topological polar surface area (TPSA) is 57.8 Å². The van der Waals surface area contributed by atoms with Gasteiger partial charge in [0.25, 0.3) is 5.91 Å². The maximum absolute atomic E-state index is 11.8. The van der Waals surface area contributed by atoms with Crippen LogP contribution in [0.15, 0.2) is 36.8 Å². The van der Waals surface area contributed by atoms with Gasteiger partial charge in [-0.25, -0.2) is 4.98 Å². The summed E-state index contributed by atoms with van der Waals surface area (Å²) in [5.41, 5.74) is 1.49. The van der Waals surface area contributed by atoms with Crippen molar-refractivity contribution in [2.24, 2.45) is 0 Å². The number of H-pyrrole nitrogens is 1. The smallest absolute Gasteiger partial charge is 0.252 e. The fourth-order valence-corrected chi connectivity index (χ4v) is 1.69. The maximum Gasteiger partial charge on any atom is 0.252 e. The van der Waals surface area contributed by atoms with E-state index in [-0.39, 0.29) is 5.91 Å². The molecule has 5 heteroatoms. The second-order valence-electron chi connectivity index (χ2n) is 3.56. The largest absolute Gasteiger partial charge is 0.352 e. The highest BCUT2D eigenvalue weighted by Crippen LogP contribution is 2.14. The molecule has 1 aromatic carbocycles. The lowest BCUT2D eigenvalue weighted by atomic mass is 10.2. The molecule has 17 heavy (non-hydrogen) atoms. The van der Waals surface area contributed by atoms with E-state index in [0.717, 1.165) is 12.1 Å². The molecule has 0 spiro atoms. The highest BCUT2D eigenvalue weighted by atomic mass is 35.5. The molecule has 0 unspecified atom stereocenters. The molecule has 0 aliphatic rings. The molecule has 0 radical (unpaired) electrons. The summed E-state index contributed by atoms with van der Waals surface area (Å²) < 4.78 is 0. The van der Waals surface area contributed by atoms with Crippen LogP contribution in [0.25, 0.3) is 0 Å². The number of aromatic nitrogens is 2. The number of nitrogens with one attached hydrogen (secondary N) is 2. The van der Waals surface area contributed by atoms with E-state index in [0.29, 0.717) is 17.1 Å². The number of hydrogen-bond acceptors (Lipinski definition) is 2. The third-order valence-corrected chi connectivity index (χ3v) is 2.68. The lowest BCUT2D eigenvalue weighted by Crippen LogP contribution is -2.26. The highest BCUT2D eigenvalue weighted by Gasteiger charge is 2.08. The van der Waals surface area contributed by atoms with Gasteiger partial charge in [0, 0.05) is 24.9 Å². The van der Waals surface area contributed by atoms with Gasteiger partial charge in [-0.15, -0.1) is 0 Å². The van der Waals surface area contributed by atoms with Gasteiger partial charge in [0.15, 0.2) is 0 Å². The highest BCUT2D eigenvalue weighted by molar-refractivity contribution is 6.33. The molecule has 2 aromatic rings. The van der Waals surface area contributed by atoms with Crippen LogP contribution in [-0.4, -0.2) is 22.4 Å². The van der Waals surface area contributed by atoms with E-state index in [4.69, 9.17) is 11.6 Å². The molecular formula is C12H12ClN3O. The molecule has 2 rings (SSSR count). The Morgan fingerprint density at radius 2 is 2.24 bits per heavy atom. The Morgan fingerprint density at radius 3 is 2.94 bits per heavy atom. The summed E-state index contributed by atoms with van der Waals surface area (Å²) >= 11 is 5.92. The number of amides is 1. The summed E-state index contributed by atoms with van der Waals surface area (Å²) in [6.07, 6.45) is 4.07. The number of hydrogen-bond donors (Lipinski definition) is 2. The van der Waals surface area contributed by atoms with Crippen molar-refractivity contribution in [3.05, 3.63) is 53.1 Å². The lowest BCUT2D eigenvalue weighted by Gasteiger charge is -2.05. The summed E-state index contributed by atoms with van der Waals surface area (Å²) in [6.45, 7) is 0.548. The van der Waals surface area contributed by atoms with Gasteiger partial charge < -0.3 is 10.3 Å². The molecule has 0 bridgehead atoms. The maximum atomic E-state index is 11.8. The van der Waals surface area contributed by atoms with Gasteiger partial charge in [0.05, 0.1) is 16.9 Å². The molecule has 4 nitrogen and oxygen atoms in total. The normalized spacial score (nSPS) is 10.2. The Labute approximate surface area is 104 Å². The fourth-order valence-electron chi connectivity index (χ4n) is 1.47. The third kappa shape index (κ3) is 3.07. The Balaban J connectivity index is 1.88. The van der Waals surface area contributed by atoms with Gasteiger partial charge in [-0.1, -0.05) is 23.7 Å². The fraction of sp³-hybridized carbons (Fsp3) is 0.167. The summed E-state index contributed by atoms with van der Waals surface area (Å²) in [5, 5.41) is 3.27. The van der Waals surface area contributed by atoms with Crippen LogP contribution < -0.4 is 5.32 Å². The predicted octanol–water partition coefficient (Wildman–Crippen LogP) is 2.04. The van der Waals surface area contributed by atoms with Crippen LogP contribution in [0.1, 0.15) is 16.1 Å². The van der Waals surface area contributed by atoms with E-state index in [9.17, 15) is 4.79 Å². The SMILES string of the molecule is O=C(NCCc1cnc[nH]1)c1ccccc1Cl. The molecular weight excluding hydrogens is 238 g/mol. The first-order valence-corrected chi connectivity index (χ1v) is 5.65. The van der Waals surface area contributed by atoms with Crippen LogP contribution in [0.3, 0.4) is 0 Å². The van der Waals surface area contributed by atoms with Gasteiger partial charge in [0.1, 0.15) is 0 Å². The van der Waals surface area contributed by atoms with Crippen molar-refractivity contribution in [1.29, 1.82) is 0 Å². The molecule has 0 saturated heterocycles. The number of carbonyl (C=O) groups is 1. The summed E-state index contributed by atoms with van der Waals surface area (Å²) in [7, 11) is 0. The average molecular weight is 250 g/mol. The second-order valence-corrected chi connectivity index (χ2v) is 3.97. The van der Waals surface area contributed by atoms with Crippen LogP contribution in [0.2, 0.25) is 5.02 Å². The second kappa shape index (κ2) is 5.50. The van der Waals surface area contributed by atoms with E-state index in [1.807, 2.05) is 0 Å². The van der Waals surface area contributed by atoms with Crippen LogP contribution in [0.4, 0.5) is 0 Å². The molecule has 0 aliphatic heterocycles. The van der Waals surface area contributed by atoms with Crippen molar-refractivity contribution < 1.29 is 4.79 Å². The van der Waals surface area contributed by atoms with Gasteiger partial charge in [0.2, 0.25) is 0 Å². The summed E-state index contributed by atoms with van der Waals surface area (Å²) in [6, 6.07) is 6.98. The zero-order valence-corrected chi connectivity index (χ0v) is 9.87. The van der Waals surface area contributed by atoms with E-state index in [1.54, 1.807) is 36.8 Å². The first-order valence-electron chi connectivity index (χ1n) is 5.27. The Kier molecular flexibility index (Phi) is 3.77. The van der Waals surface area contributed by atoms with E-state index in [2.05, 4.69) is 15.3 Å². The molecule has 1 aromatic heterocycles. The van der Waals surface area contributed by atoms with Crippen molar-refractivity contribution >= 4 is 17.5 Å². The van der Waals surface area contributed by atoms with E-state index < -0.39 is 0 Å². The Hall–Kier alpha value is -1.81. The number of halogens is 1. The lowest BCUT2D eigenvalue weighted by molar-refractivity contribution is 0.0954. The van der Waals surface area contributed by atoms with Crippen molar-refractivity contribution in [1.82, 2.24) is 15.3 Å². The number of nitrogens with zero attached hydrogens (tertiary/aromatic N) is 1. The molecule has 88 valence electrons. The molecule has 1 heterocycles. The Morgan fingerprint density at radius 1 is 1.41 bits per heavy atom. The number of aromatic amines is 1. The minimum Gasteiger partial charge on any atom is -0.352 e. The molecule has 2 N–H and O–H groups in total. The van der Waals surface area contributed by atoms with Crippen molar-refractivity contribution in [3.8, 4) is 0 Å². The van der Waals surface area contributed by atoms with Crippen LogP contribution in [0, 0.1) is 0 Å². The standard InChI is InChI=1S/C12H12ClN3O/c13-11-4-2-1-3-10(11)12(17)15-6-5-9-7-14-8-16-9/h1-4,7-8H,5-6H2,(H,14,16)(H,15,17). The number of carbonyl (C=O) groups excluding carboxylic acids is 1.